The van der Waals surface area contributed by atoms with Crippen LogP contribution in [0.4, 0.5) is 4.39 Å². The van der Waals surface area contributed by atoms with Crippen LogP contribution < -0.4 is 0 Å². The van der Waals surface area contributed by atoms with Crippen LogP contribution in [-0.2, 0) is 6.54 Å². The summed E-state index contributed by atoms with van der Waals surface area (Å²) in [6.07, 6.45) is 2.15. The molecule has 0 unspecified atom stereocenters. The topological polar surface area (TPSA) is 4.93 Å². The Morgan fingerprint density at radius 1 is 0.950 bits per heavy atom. The Balaban J connectivity index is 0.000000704. The van der Waals surface area contributed by atoms with Crippen LogP contribution in [-0.4, -0.2) is 4.57 Å². The molecule has 3 aromatic rings. The molecule has 0 atom stereocenters. The zero-order valence-electron chi connectivity index (χ0n) is 12.2. The van der Waals surface area contributed by atoms with E-state index in [1.54, 1.807) is 0 Å². The Hall–Kier alpha value is -2.09. The van der Waals surface area contributed by atoms with Gasteiger partial charge in [0.25, 0.3) is 0 Å². The third kappa shape index (κ3) is 2.90. The second-order valence-electron chi connectivity index (χ2n) is 4.58. The van der Waals surface area contributed by atoms with E-state index < -0.39 is 0 Å². The molecule has 3 rings (SSSR count). The molecular formula is C18H20FN. The van der Waals surface area contributed by atoms with Crippen molar-refractivity contribution in [3.05, 3.63) is 71.7 Å². The Kier molecular flexibility index (Phi) is 4.57. The second kappa shape index (κ2) is 6.38. The molecule has 1 heterocycles. The lowest BCUT2D eigenvalue weighted by atomic mass is 10.2. The molecular weight excluding hydrogens is 249 g/mol. The molecule has 104 valence electrons. The molecule has 0 aliphatic heterocycles. The molecule has 0 saturated carbocycles. The minimum absolute atomic E-state index is 0.188. The van der Waals surface area contributed by atoms with Gasteiger partial charge in [-0.2, -0.15) is 0 Å². The minimum atomic E-state index is -0.188. The van der Waals surface area contributed by atoms with E-state index in [2.05, 4.69) is 35.9 Å². The average Bonchev–Trinajstić information content (AvgIpc) is 2.81. The van der Waals surface area contributed by atoms with Gasteiger partial charge in [-0.3, -0.25) is 0 Å². The first-order chi connectivity index (χ1) is 9.74. The van der Waals surface area contributed by atoms with Crippen LogP contribution in [0.1, 0.15) is 25.0 Å². The average molecular weight is 269 g/mol. The second-order valence-corrected chi connectivity index (χ2v) is 4.58. The van der Waals surface area contributed by atoms with Gasteiger partial charge < -0.3 is 4.57 Å². The molecule has 2 heteroatoms. The smallest absolute Gasteiger partial charge is 0.123 e. The summed E-state index contributed by atoms with van der Waals surface area (Å²) in [6.45, 7) is 6.89. The van der Waals surface area contributed by atoms with Gasteiger partial charge in [-0.05, 0) is 36.2 Å². The predicted molar refractivity (Wildman–Crippen MR) is 83.5 cm³/mol. The minimum Gasteiger partial charge on any atom is -0.343 e. The van der Waals surface area contributed by atoms with Crippen LogP contribution in [0, 0.1) is 12.7 Å². The number of hydrogen-bond donors (Lipinski definition) is 0. The lowest BCUT2D eigenvalue weighted by molar-refractivity contribution is 0.626. The Morgan fingerprint density at radius 3 is 2.30 bits per heavy atom. The molecule has 0 radical (unpaired) electrons. The van der Waals surface area contributed by atoms with Gasteiger partial charge >= 0.3 is 0 Å². The van der Waals surface area contributed by atoms with Gasteiger partial charge in [0.2, 0.25) is 0 Å². The predicted octanol–water partition coefficient (Wildman–Crippen LogP) is 5.16. The van der Waals surface area contributed by atoms with Gasteiger partial charge in [0.1, 0.15) is 5.82 Å². The summed E-state index contributed by atoms with van der Waals surface area (Å²) >= 11 is 0. The Morgan fingerprint density at radius 2 is 1.60 bits per heavy atom. The molecule has 0 spiro atoms. The summed E-state index contributed by atoms with van der Waals surface area (Å²) in [4.78, 5) is 0. The largest absolute Gasteiger partial charge is 0.343 e. The van der Waals surface area contributed by atoms with Crippen molar-refractivity contribution in [3.63, 3.8) is 0 Å². The first-order valence-corrected chi connectivity index (χ1v) is 7.03. The maximum Gasteiger partial charge on any atom is 0.123 e. The van der Waals surface area contributed by atoms with E-state index in [1.165, 1.54) is 28.6 Å². The summed E-state index contributed by atoms with van der Waals surface area (Å²) in [5.41, 5.74) is 3.60. The highest BCUT2D eigenvalue weighted by atomic mass is 19.1. The Bertz CT molecular complexity index is 680. The van der Waals surface area contributed by atoms with Crippen molar-refractivity contribution in [2.45, 2.75) is 27.3 Å². The third-order valence-corrected chi connectivity index (χ3v) is 3.25. The van der Waals surface area contributed by atoms with Crippen molar-refractivity contribution in [3.8, 4) is 0 Å². The van der Waals surface area contributed by atoms with E-state index >= 15 is 0 Å². The normalized spacial score (nSPS) is 10.2. The van der Waals surface area contributed by atoms with Crippen LogP contribution in [0.25, 0.3) is 10.9 Å². The fourth-order valence-electron chi connectivity index (χ4n) is 2.35. The first kappa shape index (κ1) is 14.3. The summed E-state index contributed by atoms with van der Waals surface area (Å²) in [6, 6.07) is 15.0. The van der Waals surface area contributed by atoms with Crippen LogP contribution in [0.5, 0.6) is 0 Å². The summed E-state index contributed by atoms with van der Waals surface area (Å²) in [5, 5.41) is 1.28. The van der Waals surface area contributed by atoms with Crippen molar-refractivity contribution in [1.82, 2.24) is 4.57 Å². The number of aryl methyl sites for hydroxylation is 1. The molecule has 0 fully saturated rings. The van der Waals surface area contributed by atoms with Gasteiger partial charge in [-0.1, -0.05) is 44.2 Å². The van der Waals surface area contributed by atoms with Crippen LogP contribution >= 0.6 is 0 Å². The van der Waals surface area contributed by atoms with Crippen molar-refractivity contribution in [2.75, 3.05) is 0 Å². The molecule has 0 aliphatic rings. The zero-order valence-corrected chi connectivity index (χ0v) is 12.2. The van der Waals surface area contributed by atoms with Crippen molar-refractivity contribution in [2.24, 2.45) is 0 Å². The highest BCUT2D eigenvalue weighted by molar-refractivity contribution is 5.83. The molecule has 0 bridgehead atoms. The maximum absolute atomic E-state index is 12.9. The number of hydrogen-bond acceptors (Lipinski definition) is 0. The highest BCUT2D eigenvalue weighted by Gasteiger charge is 2.04. The number of halogens is 1. The Labute approximate surface area is 119 Å². The number of nitrogens with zero attached hydrogens (tertiary/aromatic N) is 1. The molecule has 2 aromatic carbocycles. The molecule has 0 aliphatic carbocycles. The van der Waals surface area contributed by atoms with E-state index in [4.69, 9.17) is 0 Å². The molecule has 0 amide bonds. The summed E-state index contributed by atoms with van der Waals surface area (Å²) in [7, 11) is 0. The summed E-state index contributed by atoms with van der Waals surface area (Å²) in [5.74, 6) is -0.188. The van der Waals surface area contributed by atoms with E-state index in [9.17, 15) is 4.39 Å². The number of benzene rings is 2. The lowest BCUT2D eigenvalue weighted by Gasteiger charge is -2.05. The van der Waals surface area contributed by atoms with Crippen LogP contribution in [0.3, 0.4) is 0 Å². The monoisotopic (exact) mass is 269 g/mol. The fourth-order valence-corrected chi connectivity index (χ4v) is 2.35. The summed E-state index contributed by atoms with van der Waals surface area (Å²) < 4.78 is 15.1. The molecule has 1 aromatic heterocycles. The van der Waals surface area contributed by atoms with E-state index in [1.807, 2.05) is 32.0 Å². The van der Waals surface area contributed by atoms with Gasteiger partial charge in [-0.15, -0.1) is 0 Å². The molecule has 20 heavy (non-hydrogen) atoms. The number of fused-ring (bicyclic) bond motifs is 1. The molecule has 1 nitrogen and oxygen atoms in total. The van der Waals surface area contributed by atoms with Gasteiger partial charge in [-0.25, -0.2) is 4.39 Å². The van der Waals surface area contributed by atoms with Crippen LogP contribution in [0.2, 0.25) is 0 Å². The van der Waals surface area contributed by atoms with E-state index in [0.29, 0.717) is 0 Å². The highest BCUT2D eigenvalue weighted by Crippen LogP contribution is 2.21. The van der Waals surface area contributed by atoms with E-state index in [0.717, 1.165) is 12.1 Å². The van der Waals surface area contributed by atoms with Crippen LogP contribution in [0.15, 0.2) is 54.7 Å². The number of aromatic nitrogens is 1. The fraction of sp³-hybridized carbons (Fsp3) is 0.222. The van der Waals surface area contributed by atoms with Crippen molar-refractivity contribution >= 4 is 10.9 Å². The quantitative estimate of drug-likeness (QED) is 0.605. The standard InChI is InChI=1S/C16H14FN.C2H6/c1-12-10-18(16-5-3-2-4-15(12)16)11-13-6-8-14(17)9-7-13;1-2/h2-10H,11H2,1H3;1-2H3. The maximum atomic E-state index is 12.9. The van der Waals surface area contributed by atoms with Gasteiger partial charge in [0, 0.05) is 23.6 Å². The molecule has 0 N–H and O–H groups in total. The van der Waals surface area contributed by atoms with Gasteiger partial charge in [0.15, 0.2) is 0 Å². The van der Waals surface area contributed by atoms with E-state index in [-0.39, 0.29) is 5.82 Å². The SMILES string of the molecule is CC.Cc1cn(Cc2ccc(F)cc2)c2ccccc12. The van der Waals surface area contributed by atoms with Crippen molar-refractivity contribution in [1.29, 1.82) is 0 Å². The van der Waals surface area contributed by atoms with Crippen molar-refractivity contribution < 1.29 is 4.39 Å². The lowest BCUT2D eigenvalue weighted by Crippen LogP contribution is -1.97. The first-order valence-electron chi connectivity index (χ1n) is 7.03. The number of para-hydroxylation sites is 1. The zero-order chi connectivity index (χ0) is 14.5. The molecule has 0 saturated heterocycles. The van der Waals surface area contributed by atoms with Gasteiger partial charge in [0.05, 0.1) is 0 Å². The third-order valence-electron chi connectivity index (χ3n) is 3.25. The number of rotatable bonds is 2.